The Balaban J connectivity index is 1.36. The fraction of sp³-hybridized carbons (Fsp3) is 0.485. The highest BCUT2D eigenvalue weighted by atomic mass is 16.5. The first-order valence-electron chi connectivity index (χ1n) is 15.2. The van der Waals surface area contributed by atoms with E-state index in [2.05, 4.69) is 62.4 Å². The molecule has 0 aliphatic carbocycles. The van der Waals surface area contributed by atoms with E-state index in [1.165, 1.54) is 5.56 Å². The van der Waals surface area contributed by atoms with Crippen LogP contribution in [-0.4, -0.2) is 85.1 Å². The molecule has 1 N–H and O–H groups in total. The molecule has 42 heavy (non-hydrogen) atoms. The SMILES string of the molecule is COc1ccc2cc1CN(C)CCCCC(=O)[C@@H]1CCCN1Cc1cc(cc(N3CCOCC3)c1)Nc1nccc-2n1. The second-order valence-electron chi connectivity index (χ2n) is 11.7. The highest BCUT2D eigenvalue weighted by Crippen LogP contribution is 2.31. The van der Waals surface area contributed by atoms with Crippen molar-refractivity contribution in [2.75, 3.05) is 63.8 Å². The van der Waals surface area contributed by atoms with E-state index in [-0.39, 0.29) is 6.04 Å². The number of carbonyl (C=O) groups is 1. The average molecular weight is 571 g/mol. The van der Waals surface area contributed by atoms with Crippen LogP contribution in [0.3, 0.4) is 0 Å². The Bertz CT molecular complexity index is 1390. The molecular formula is C33H42N6O3. The molecule has 222 valence electrons. The maximum absolute atomic E-state index is 13.4. The lowest BCUT2D eigenvalue weighted by molar-refractivity contribution is -0.123. The van der Waals surface area contributed by atoms with Gasteiger partial charge >= 0.3 is 0 Å². The van der Waals surface area contributed by atoms with E-state index in [1.54, 1.807) is 13.3 Å². The number of ether oxygens (including phenoxy) is 2. The van der Waals surface area contributed by atoms with Crippen LogP contribution in [-0.2, 0) is 22.6 Å². The summed E-state index contributed by atoms with van der Waals surface area (Å²) < 4.78 is 11.3. The first-order valence-corrected chi connectivity index (χ1v) is 15.2. The molecule has 1 aromatic heterocycles. The van der Waals surface area contributed by atoms with E-state index in [0.717, 1.165) is 112 Å². The predicted molar refractivity (Wildman–Crippen MR) is 165 cm³/mol. The Morgan fingerprint density at radius 1 is 0.976 bits per heavy atom. The lowest BCUT2D eigenvalue weighted by Crippen LogP contribution is -2.37. The van der Waals surface area contributed by atoms with Gasteiger partial charge < -0.3 is 24.6 Å². The summed E-state index contributed by atoms with van der Waals surface area (Å²) in [5.74, 6) is 1.80. The van der Waals surface area contributed by atoms with Crippen molar-refractivity contribution in [3.8, 4) is 17.0 Å². The van der Waals surface area contributed by atoms with Crippen LogP contribution in [0.5, 0.6) is 5.75 Å². The molecule has 0 spiro atoms. The van der Waals surface area contributed by atoms with Gasteiger partial charge in [0.1, 0.15) is 11.5 Å². The van der Waals surface area contributed by atoms with Crippen LogP contribution in [0.1, 0.15) is 43.2 Å². The van der Waals surface area contributed by atoms with Crippen LogP contribution in [0.25, 0.3) is 11.3 Å². The summed E-state index contributed by atoms with van der Waals surface area (Å²) in [4.78, 5) is 29.9. The summed E-state index contributed by atoms with van der Waals surface area (Å²) in [6, 6.07) is 14.8. The summed E-state index contributed by atoms with van der Waals surface area (Å²) in [7, 11) is 3.84. The molecule has 0 saturated carbocycles. The average Bonchev–Trinajstić information content (AvgIpc) is 3.47. The lowest BCUT2D eigenvalue weighted by Gasteiger charge is -2.30. The van der Waals surface area contributed by atoms with Crippen LogP contribution in [0.4, 0.5) is 17.3 Å². The molecule has 2 saturated heterocycles. The number of anilines is 3. The zero-order chi connectivity index (χ0) is 28.9. The highest BCUT2D eigenvalue weighted by Gasteiger charge is 2.30. The third kappa shape index (κ3) is 6.75. The van der Waals surface area contributed by atoms with Crippen molar-refractivity contribution in [3.63, 3.8) is 0 Å². The zero-order valence-electron chi connectivity index (χ0n) is 24.8. The van der Waals surface area contributed by atoms with E-state index in [4.69, 9.17) is 14.5 Å². The summed E-state index contributed by atoms with van der Waals surface area (Å²) in [5.41, 5.74) is 6.28. The smallest absolute Gasteiger partial charge is 0.227 e. The Labute approximate surface area is 248 Å². The van der Waals surface area contributed by atoms with E-state index in [9.17, 15) is 4.79 Å². The van der Waals surface area contributed by atoms with E-state index < -0.39 is 0 Å². The molecule has 2 fully saturated rings. The van der Waals surface area contributed by atoms with Gasteiger partial charge in [-0.3, -0.25) is 9.69 Å². The molecule has 0 unspecified atom stereocenters. The van der Waals surface area contributed by atoms with Gasteiger partial charge in [0.05, 0.1) is 32.1 Å². The predicted octanol–water partition coefficient (Wildman–Crippen LogP) is 4.88. The number of carbonyl (C=O) groups excluding carboxylic acids is 1. The number of ketones is 1. The summed E-state index contributed by atoms with van der Waals surface area (Å²) in [5, 5.41) is 3.49. The Morgan fingerprint density at radius 2 is 1.86 bits per heavy atom. The first-order chi connectivity index (χ1) is 20.6. The van der Waals surface area contributed by atoms with E-state index >= 15 is 0 Å². The van der Waals surface area contributed by atoms with Crippen molar-refractivity contribution < 1.29 is 14.3 Å². The number of morpholine rings is 1. The van der Waals surface area contributed by atoms with E-state index in [0.29, 0.717) is 18.2 Å². The topological polar surface area (TPSA) is 83.1 Å². The number of nitrogens with zero attached hydrogens (tertiary/aromatic N) is 5. The standard InChI is InChI=1S/C33H42N6O3/c1-37-12-4-3-7-31(40)30-6-5-13-39(30)22-24-18-27(21-28(19-24)38-14-16-42-17-15-38)35-33-34-11-10-29(36-33)25-8-9-32(41-2)26(20-25)23-37/h8-11,18-21,30H,3-7,12-17,22-23H2,1-2H3,(H,34,35,36)/t30-/m0/s1. The molecule has 2 aromatic carbocycles. The number of hydrogen-bond donors (Lipinski definition) is 1. The number of nitrogens with one attached hydrogen (secondary N) is 1. The number of benzene rings is 2. The van der Waals surface area contributed by atoms with Crippen LogP contribution in [0.2, 0.25) is 0 Å². The molecule has 0 amide bonds. The normalized spacial score (nSPS) is 21.0. The molecule has 0 radical (unpaired) electrons. The Kier molecular flexibility index (Phi) is 8.98. The van der Waals surface area contributed by atoms with Crippen molar-refractivity contribution in [1.29, 1.82) is 0 Å². The molecule has 9 nitrogen and oxygen atoms in total. The van der Waals surface area contributed by atoms with Gasteiger partial charge in [0, 0.05) is 61.3 Å². The van der Waals surface area contributed by atoms with Gasteiger partial charge in [-0.2, -0.15) is 0 Å². The quantitative estimate of drug-likeness (QED) is 0.463. The van der Waals surface area contributed by atoms with Gasteiger partial charge in [0.25, 0.3) is 0 Å². The first kappa shape index (κ1) is 28.6. The molecule has 6 bridgehead atoms. The molecule has 3 aliphatic heterocycles. The van der Waals surface area contributed by atoms with Crippen molar-refractivity contribution in [1.82, 2.24) is 19.8 Å². The zero-order valence-corrected chi connectivity index (χ0v) is 24.8. The van der Waals surface area contributed by atoms with Crippen LogP contribution in [0, 0.1) is 0 Å². The number of aromatic nitrogens is 2. The number of methoxy groups -OCH3 is 1. The van der Waals surface area contributed by atoms with Crippen LogP contribution < -0.4 is 15.0 Å². The molecule has 6 rings (SSSR count). The van der Waals surface area contributed by atoms with Crippen molar-refractivity contribution >= 4 is 23.1 Å². The largest absolute Gasteiger partial charge is 0.496 e. The molecular weight excluding hydrogens is 528 g/mol. The Hall–Kier alpha value is -3.53. The second-order valence-corrected chi connectivity index (χ2v) is 11.7. The molecule has 3 aromatic rings. The van der Waals surface area contributed by atoms with Crippen molar-refractivity contribution in [3.05, 3.63) is 59.8 Å². The Morgan fingerprint density at radius 3 is 2.71 bits per heavy atom. The fourth-order valence-corrected chi connectivity index (χ4v) is 6.44. The fourth-order valence-electron chi connectivity index (χ4n) is 6.44. The number of Topliss-reactive ketones (excluding diaryl/α,β-unsaturated/α-hetero) is 1. The van der Waals surface area contributed by atoms with Crippen molar-refractivity contribution in [2.24, 2.45) is 0 Å². The number of fused-ring (bicyclic) bond motifs is 8. The monoisotopic (exact) mass is 570 g/mol. The number of hydrogen-bond acceptors (Lipinski definition) is 9. The minimum atomic E-state index is 0.00351. The maximum Gasteiger partial charge on any atom is 0.227 e. The minimum Gasteiger partial charge on any atom is -0.496 e. The second kappa shape index (κ2) is 13.2. The summed E-state index contributed by atoms with van der Waals surface area (Å²) in [6.07, 6.45) is 6.36. The molecule has 3 aliphatic rings. The minimum absolute atomic E-state index is 0.00351. The van der Waals surface area contributed by atoms with Crippen LogP contribution >= 0.6 is 0 Å². The third-order valence-corrected chi connectivity index (χ3v) is 8.62. The van der Waals surface area contributed by atoms with Crippen LogP contribution in [0.15, 0.2) is 48.7 Å². The molecule has 4 heterocycles. The van der Waals surface area contributed by atoms with Gasteiger partial charge in [-0.1, -0.05) is 0 Å². The van der Waals surface area contributed by atoms with Gasteiger partial charge in [-0.25, -0.2) is 9.97 Å². The summed E-state index contributed by atoms with van der Waals surface area (Å²) in [6.45, 7) is 6.54. The van der Waals surface area contributed by atoms with Gasteiger partial charge in [0.2, 0.25) is 5.95 Å². The van der Waals surface area contributed by atoms with Gasteiger partial charge in [-0.05, 0) is 93.8 Å². The third-order valence-electron chi connectivity index (χ3n) is 8.62. The summed E-state index contributed by atoms with van der Waals surface area (Å²) >= 11 is 0. The van der Waals surface area contributed by atoms with Gasteiger partial charge in [-0.15, -0.1) is 0 Å². The van der Waals surface area contributed by atoms with Gasteiger partial charge in [0.15, 0.2) is 0 Å². The van der Waals surface area contributed by atoms with Crippen molar-refractivity contribution in [2.45, 2.75) is 51.2 Å². The molecule has 1 atom stereocenters. The highest BCUT2D eigenvalue weighted by molar-refractivity contribution is 5.84. The molecule has 9 heteroatoms. The van der Waals surface area contributed by atoms with E-state index in [1.807, 2.05) is 12.1 Å². The lowest BCUT2D eigenvalue weighted by atomic mass is 10.0. The number of rotatable bonds is 2. The maximum atomic E-state index is 13.4.